The highest BCUT2D eigenvalue weighted by atomic mass is 35.5. The minimum Gasteiger partial charge on any atom is -0.382 e. The van der Waals surface area contributed by atoms with Gasteiger partial charge in [-0.3, -0.25) is 4.99 Å². The van der Waals surface area contributed by atoms with Crippen LogP contribution in [0.3, 0.4) is 0 Å². The lowest BCUT2D eigenvalue weighted by atomic mass is 10.2. The number of nitrogens with zero attached hydrogens (tertiary/aromatic N) is 2. The molecule has 24 heavy (non-hydrogen) atoms. The molecule has 1 rings (SSSR count). The number of ether oxygens (including phenoxy) is 2. The first-order chi connectivity index (χ1) is 11.6. The molecule has 1 N–H and O–H groups in total. The number of nitrogens with one attached hydrogen (secondary N) is 1. The first kappa shape index (κ1) is 21.0. The lowest BCUT2D eigenvalue weighted by molar-refractivity contribution is 0.0689. The fourth-order valence-electron chi connectivity index (χ4n) is 2.15. The zero-order valence-corrected chi connectivity index (χ0v) is 16.2. The van der Waals surface area contributed by atoms with Crippen LogP contribution >= 0.6 is 23.2 Å². The van der Waals surface area contributed by atoms with Gasteiger partial charge in [-0.2, -0.15) is 0 Å². The van der Waals surface area contributed by atoms with Crippen molar-refractivity contribution in [3.63, 3.8) is 0 Å². The number of methoxy groups -OCH3 is 1. The maximum Gasteiger partial charge on any atom is 0.193 e. The van der Waals surface area contributed by atoms with Crippen molar-refractivity contribution in [1.29, 1.82) is 0 Å². The topological polar surface area (TPSA) is 46.1 Å². The van der Waals surface area contributed by atoms with E-state index in [1.807, 2.05) is 25.2 Å². The Morgan fingerprint density at radius 3 is 2.62 bits per heavy atom. The molecule has 0 unspecified atom stereocenters. The van der Waals surface area contributed by atoms with Crippen molar-refractivity contribution >= 4 is 29.2 Å². The predicted molar refractivity (Wildman–Crippen MR) is 101 cm³/mol. The Balaban J connectivity index is 2.28. The Bertz CT molecular complexity index is 513. The molecule has 5 nitrogen and oxygen atoms in total. The van der Waals surface area contributed by atoms with Gasteiger partial charge in [0.2, 0.25) is 0 Å². The van der Waals surface area contributed by atoms with Gasteiger partial charge in [-0.15, -0.1) is 0 Å². The third kappa shape index (κ3) is 8.20. The number of aliphatic imine (C=N–C) groups is 1. The average molecular weight is 376 g/mol. The van der Waals surface area contributed by atoms with E-state index in [1.165, 1.54) is 0 Å². The van der Waals surface area contributed by atoms with Crippen LogP contribution in [-0.2, 0) is 16.0 Å². The molecule has 0 aliphatic heterocycles. The molecule has 0 heterocycles. The van der Waals surface area contributed by atoms with E-state index in [-0.39, 0.29) is 0 Å². The summed E-state index contributed by atoms with van der Waals surface area (Å²) in [5.41, 5.74) is 1.08. The smallest absolute Gasteiger partial charge is 0.193 e. The summed E-state index contributed by atoms with van der Waals surface area (Å²) in [7, 11) is 5.45. The molecule has 1 aromatic carbocycles. The standard InChI is InChI=1S/C17H27Cl2N3O2/c1-20-17(21-8-4-5-9-24-11-10-23-3)22(2)13-14-6-7-15(18)16(19)12-14/h6-7,12H,4-5,8-11,13H2,1-3H3,(H,20,21). The zero-order chi connectivity index (χ0) is 17.8. The Morgan fingerprint density at radius 2 is 1.96 bits per heavy atom. The highest BCUT2D eigenvalue weighted by Gasteiger charge is 2.07. The third-order valence-corrected chi connectivity index (χ3v) is 4.15. The van der Waals surface area contributed by atoms with Crippen molar-refractivity contribution < 1.29 is 9.47 Å². The van der Waals surface area contributed by atoms with Gasteiger partial charge in [-0.1, -0.05) is 29.3 Å². The van der Waals surface area contributed by atoms with Gasteiger partial charge in [0.1, 0.15) is 0 Å². The second kappa shape index (κ2) is 12.4. The fourth-order valence-corrected chi connectivity index (χ4v) is 2.47. The van der Waals surface area contributed by atoms with E-state index < -0.39 is 0 Å². The van der Waals surface area contributed by atoms with Gasteiger partial charge >= 0.3 is 0 Å². The molecule has 0 aromatic heterocycles. The highest BCUT2D eigenvalue weighted by molar-refractivity contribution is 6.42. The van der Waals surface area contributed by atoms with Gasteiger partial charge in [0.25, 0.3) is 0 Å². The minimum atomic E-state index is 0.568. The molecular weight excluding hydrogens is 349 g/mol. The molecule has 7 heteroatoms. The first-order valence-corrected chi connectivity index (χ1v) is 8.76. The molecule has 0 spiro atoms. The van der Waals surface area contributed by atoms with Crippen LogP contribution in [0.1, 0.15) is 18.4 Å². The van der Waals surface area contributed by atoms with Gasteiger partial charge in [-0.25, -0.2) is 0 Å². The second-order valence-electron chi connectivity index (χ2n) is 5.39. The Hall–Kier alpha value is -1.01. The van der Waals surface area contributed by atoms with Gasteiger partial charge in [0, 0.05) is 40.9 Å². The lowest BCUT2D eigenvalue weighted by Crippen LogP contribution is -2.38. The molecule has 0 atom stereocenters. The number of hydrogen-bond acceptors (Lipinski definition) is 3. The van der Waals surface area contributed by atoms with Crippen molar-refractivity contribution in [2.24, 2.45) is 4.99 Å². The van der Waals surface area contributed by atoms with Crippen LogP contribution in [-0.4, -0.2) is 58.4 Å². The third-order valence-electron chi connectivity index (χ3n) is 3.41. The van der Waals surface area contributed by atoms with E-state index in [2.05, 4.69) is 15.2 Å². The summed E-state index contributed by atoms with van der Waals surface area (Å²) < 4.78 is 10.4. The van der Waals surface area contributed by atoms with Crippen LogP contribution < -0.4 is 5.32 Å². The summed E-state index contributed by atoms with van der Waals surface area (Å²) in [6.07, 6.45) is 2.02. The van der Waals surface area contributed by atoms with E-state index >= 15 is 0 Å². The van der Waals surface area contributed by atoms with Crippen molar-refractivity contribution in [2.75, 3.05) is 47.6 Å². The monoisotopic (exact) mass is 375 g/mol. The molecule has 0 aliphatic rings. The SMILES string of the molecule is CN=C(NCCCCOCCOC)N(C)Cc1ccc(Cl)c(Cl)c1. The number of hydrogen-bond donors (Lipinski definition) is 1. The molecule has 0 bridgehead atoms. The van der Waals surface area contributed by atoms with Gasteiger partial charge < -0.3 is 19.7 Å². The summed E-state index contributed by atoms with van der Waals surface area (Å²) in [6.45, 7) is 3.61. The normalized spacial score (nSPS) is 11.6. The van der Waals surface area contributed by atoms with Gasteiger partial charge in [-0.05, 0) is 30.5 Å². The van der Waals surface area contributed by atoms with Crippen LogP contribution in [0.5, 0.6) is 0 Å². The van der Waals surface area contributed by atoms with Crippen molar-refractivity contribution in [1.82, 2.24) is 10.2 Å². The second-order valence-corrected chi connectivity index (χ2v) is 6.21. The number of unbranched alkanes of at least 4 members (excludes halogenated alkanes) is 1. The largest absolute Gasteiger partial charge is 0.382 e. The molecule has 0 saturated heterocycles. The van der Waals surface area contributed by atoms with E-state index in [0.29, 0.717) is 29.8 Å². The number of benzene rings is 1. The highest BCUT2D eigenvalue weighted by Crippen LogP contribution is 2.23. The minimum absolute atomic E-state index is 0.568. The number of guanidine groups is 1. The Kier molecular flexibility index (Phi) is 10.8. The maximum absolute atomic E-state index is 6.06. The fraction of sp³-hybridized carbons (Fsp3) is 0.588. The van der Waals surface area contributed by atoms with Crippen molar-refractivity contribution in [3.05, 3.63) is 33.8 Å². The molecule has 0 radical (unpaired) electrons. The Morgan fingerprint density at radius 1 is 1.17 bits per heavy atom. The van der Waals surface area contributed by atoms with Crippen LogP contribution in [0.25, 0.3) is 0 Å². The molecule has 0 fully saturated rings. The number of rotatable bonds is 10. The molecule has 1 aromatic rings. The molecule has 136 valence electrons. The van der Waals surface area contributed by atoms with Crippen molar-refractivity contribution in [2.45, 2.75) is 19.4 Å². The van der Waals surface area contributed by atoms with E-state index in [0.717, 1.165) is 37.5 Å². The predicted octanol–water partition coefficient (Wildman–Crippen LogP) is 3.44. The molecule has 0 amide bonds. The zero-order valence-electron chi connectivity index (χ0n) is 14.6. The van der Waals surface area contributed by atoms with Crippen molar-refractivity contribution in [3.8, 4) is 0 Å². The average Bonchev–Trinajstić information content (AvgIpc) is 2.57. The summed E-state index contributed by atoms with van der Waals surface area (Å²) in [6, 6.07) is 5.66. The number of halogens is 2. The summed E-state index contributed by atoms with van der Waals surface area (Å²) in [4.78, 5) is 6.36. The van der Waals surface area contributed by atoms with E-state index in [4.69, 9.17) is 32.7 Å². The quantitative estimate of drug-likeness (QED) is 0.386. The van der Waals surface area contributed by atoms with Crippen LogP contribution in [0.15, 0.2) is 23.2 Å². The lowest BCUT2D eigenvalue weighted by Gasteiger charge is -2.22. The first-order valence-electron chi connectivity index (χ1n) is 8.01. The van der Waals surface area contributed by atoms with Crippen LogP contribution in [0.4, 0.5) is 0 Å². The van der Waals surface area contributed by atoms with Gasteiger partial charge in [0.15, 0.2) is 5.96 Å². The molecular formula is C17H27Cl2N3O2. The van der Waals surface area contributed by atoms with Crippen LogP contribution in [0.2, 0.25) is 10.0 Å². The summed E-state index contributed by atoms with van der Waals surface area (Å²) in [5.74, 6) is 0.848. The van der Waals surface area contributed by atoms with E-state index in [9.17, 15) is 0 Å². The maximum atomic E-state index is 6.06. The summed E-state index contributed by atoms with van der Waals surface area (Å²) in [5, 5.41) is 4.49. The van der Waals surface area contributed by atoms with E-state index in [1.54, 1.807) is 14.2 Å². The van der Waals surface area contributed by atoms with Gasteiger partial charge in [0.05, 0.1) is 23.3 Å². The van der Waals surface area contributed by atoms with Crippen LogP contribution in [0, 0.1) is 0 Å². The summed E-state index contributed by atoms with van der Waals surface area (Å²) >= 11 is 12.0. The molecule has 0 aliphatic carbocycles. The molecule has 0 saturated carbocycles. The Labute approximate surface area is 154 Å².